The minimum absolute atomic E-state index is 0.0698. The molecule has 2 rings (SSSR count). The summed E-state index contributed by atoms with van der Waals surface area (Å²) in [4.78, 5) is 24.4. The number of benzene rings is 1. The maximum atomic E-state index is 12.3. The minimum Gasteiger partial charge on any atom is -0.497 e. The Hall–Kier alpha value is -2.34. The Kier molecular flexibility index (Phi) is 6.37. The molecule has 0 radical (unpaired) electrons. The third kappa shape index (κ3) is 5.09. The number of methoxy groups -OCH3 is 1. The number of rotatable bonds is 7. The molecule has 0 saturated heterocycles. The van der Waals surface area contributed by atoms with Gasteiger partial charge >= 0.3 is 5.97 Å². The van der Waals surface area contributed by atoms with Gasteiger partial charge in [0.1, 0.15) is 5.75 Å². The average Bonchev–Trinajstić information content (AvgIpc) is 3.08. The van der Waals surface area contributed by atoms with E-state index < -0.39 is 6.04 Å². The van der Waals surface area contributed by atoms with Crippen LogP contribution in [0, 0.1) is 0 Å². The molecule has 1 N–H and O–H groups in total. The van der Waals surface area contributed by atoms with Crippen molar-refractivity contribution < 1.29 is 19.1 Å². The van der Waals surface area contributed by atoms with Gasteiger partial charge in [-0.05, 0) is 43.0 Å². The van der Waals surface area contributed by atoms with E-state index in [-0.39, 0.29) is 24.4 Å². The Balaban J connectivity index is 2.16. The van der Waals surface area contributed by atoms with Crippen molar-refractivity contribution in [1.82, 2.24) is 5.32 Å². The predicted octanol–water partition coefficient (Wildman–Crippen LogP) is 3.57. The highest BCUT2D eigenvalue weighted by Crippen LogP contribution is 2.22. The van der Waals surface area contributed by atoms with Crippen LogP contribution < -0.4 is 10.1 Å². The zero-order valence-corrected chi connectivity index (χ0v) is 14.8. The molecule has 6 heteroatoms. The van der Waals surface area contributed by atoms with Crippen LogP contribution in [-0.4, -0.2) is 25.1 Å². The fourth-order valence-electron chi connectivity index (χ4n) is 2.20. The molecule has 0 fully saturated rings. The normalized spacial score (nSPS) is 11.8. The summed E-state index contributed by atoms with van der Waals surface area (Å²) in [5.41, 5.74) is 1.40. The fourth-order valence-corrected chi connectivity index (χ4v) is 2.84. The van der Waals surface area contributed by atoms with Crippen molar-refractivity contribution in [2.75, 3.05) is 7.11 Å². The first-order valence-corrected chi connectivity index (χ1v) is 8.60. The van der Waals surface area contributed by atoms with Gasteiger partial charge in [-0.2, -0.15) is 11.3 Å². The van der Waals surface area contributed by atoms with Crippen molar-refractivity contribution in [2.24, 2.45) is 0 Å². The van der Waals surface area contributed by atoms with Gasteiger partial charge in [0.2, 0.25) is 0 Å². The van der Waals surface area contributed by atoms with Crippen LogP contribution in [0.5, 0.6) is 5.75 Å². The number of amides is 1. The van der Waals surface area contributed by atoms with Crippen molar-refractivity contribution >= 4 is 23.2 Å². The first-order chi connectivity index (χ1) is 11.5. The standard InChI is InChI=1S/C18H21NO4S/c1-12(2)23-17(20)10-16(13-4-6-15(22-3)7-5-13)19-18(21)14-8-9-24-11-14/h4-9,11-12,16H,10H2,1-3H3,(H,19,21). The van der Waals surface area contributed by atoms with E-state index in [1.165, 1.54) is 11.3 Å². The molecule has 0 aliphatic heterocycles. The summed E-state index contributed by atoms with van der Waals surface area (Å²) >= 11 is 1.45. The van der Waals surface area contributed by atoms with E-state index >= 15 is 0 Å². The molecule has 128 valence electrons. The van der Waals surface area contributed by atoms with E-state index in [9.17, 15) is 9.59 Å². The molecule has 0 spiro atoms. The second-order valence-corrected chi connectivity index (χ2v) is 6.33. The van der Waals surface area contributed by atoms with Gasteiger partial charge in [-0.25, -0.2) is 0 Å². The smallest absolute Gasteiger partial charge is 0.308 e. The Morgan fingerprint density at radius 2 is 1.88 bits per heavy atom. The van der Waals surface area contributed by atoms with E-state index in [4.69, 9.17) is 9.47 Å². The highest BCUT2D eigenvalue weighted by atomic mass is 32.1. The summed E-state index contributed by atoms with van der Waals surface area (Å²) in [5, 5.41) is 6.51. The second-order valence-electron chi connectivity index (χ2n) is 5.55. The molecule has 0 bridgehead atoms. The van der Waals surface area contributed by atoms with E-state index in [1.54, 1.807) is 44.5 Å². The number of nitrogens with one attached hydrogen (secondary N) is 1. The number of thiophene rings is 1. The fraction of sp³-hybridized carbons (Fsp3) is 0.333. The first kappa shape index (κ1) is 18.0. The second kappa shape index (κ2) is 8.49. The summed E-state index contributed by atoms with van der Waals surface area (Å²) in [6.07, 6.45) is -0.123. The lowest BCUT2D eigenvalue weighted by atomic mass is 10.0. The van der Waals surface area contributed by atoms with Crippen LogP contribution >= 0.6 is 11.3 Å². The number of hydrogen-bond donors (Lipinski definition) is 1. The molecule has 1 aromatic carbocycles. The zero-order valence-electron chi connectivity index (χ0n) is 13.9. The number of hydrogen-bond acceptors (Lipinski definition) is 5. The maximum Gasteiger partial charge on any atom is 0.308 e. The van der Waals surface area contributed by atoms with Gasteiger partial charge in [-0.1, -0.05) is 12.1 Å². The molecule has 1 atom stereocenters. The quantitative estimate of drug-likeness (QED) is 0.778. The topological polar surface area (TPSA) is 64.6 Å². The maximum absolute atomic E-state index is 12.3. The molecule has 1 unspecified atom stereocenters. The van der Waals surface area contributed by atoms with Crippen molar-refractivity contribution in [3.63, 3.8) is 0 Å². The van der Waals surface area contributed by atoms with Gasteiger partial charge in [-0.3, -0.25) is 9.59 Å². The van der Waals surface area contributed by atoms with Gasteiger partial charge in [0.25, 0.3) is 5.91 Å². The van der Waals surface area contributed by atoms with Crippen molar-refractivity contribution in [3.8, 4) is 5.75 Å². The molecule has 1 amide bonds. The van der Waals surface area contributed by atoms with Crippen LogP contribution in [0.15, 0.2) is 41.1 Å². The lowest BCUT2D eigenvalue weighted by Gasteiger charge is -2.19. The minimum atomic E-state index is -0.463. The predicted molar refractivity (Wildman–Crippen MR) is 93.4 cm³/mol. The molecular formula is C18H21NO4S. The molecule has 24 heavy (non-hydrogen) atoms. The zero-order chi connectivity index (χ0) is 17.5. The molecule has 1 aromatic heterocycles. The molecule has 0 aliphatic carbocycles. The van der Waals surface area contributed by atoms with Gasteiger partial charge in [0, 0.05) is 5.38 Å². The highest BCUT2D eigenvalue weighted by molar-refractivity contribution is 7.08. The van der Waals surface area contributed by atoms with Crippen molar-refractivity contribution in [2.45, 2.75) is 32.4 Å². The van der Waals surface area contributed by atoms with Crippen LogP contribution in [0.25, 0.3) is 0 Å². The number of carbonyl (C=O) groups is 2. The molecule has 0 saturated carbocycles. The van der Waals surface area contributed by atoms with E-state index in [2.05, 4.69) is 5.32 Å². The first-order valence-electron chi connectivity index (χ1n) is 7.66. The van der Waals surface area contributed by atoms with Gasteiger partial charge < -0.3 is 14.8 Å². The largest absolute Gasteiger partial charge is 0.497 e. The number of ether oxygens (including phenoxy) is 2. The lowest BCUT2D eigenvalue weighted by Crippen LogP contribution is -2.30. The summed E-state index contributed by atoms with van der Waals surface area (Å²) < 4.78 is 10.4. The van der Waals surface area contributed by atoms with Gasteiger partial charge in [0.15, 0.2) is 0 Å². The SMILES string of the molecule is COc1ccc(C(CC(=O)OC(C)C)NC(=O)c2ccsc2)cc1. The van der Waals surface area contributed by atoms with Gasteiger partial charge in [-0.15, -0.1) is 0 Å². The molecule has 5 nitrogen and oxygen atoms in total. The van der Waals surface area contributed by atoms with E-state index in [0.29, 0.717) is 11.3 Å². The Labute approximate surface area is 145 Å². The van der Waals surface area contributed by atoms with Gasteiger partial charge in [0.05, 0.1) is 31.2 Å². The third-order valence-electron chi connectivity index (χ3n) is 3.34. The van der Waals surface area contributed by atoms with Crippen molar-refractivity contribution in [1.29, 1.82) is 0 Å². The van der Waals surface area contributed by atoms with E-state index in [1.807, 2.05) is 17.5 Å². The average molecular weight is 347 g/mol. The van der Waals surface area contributed by atoms with Crippen LogP contribution in [0.4, 0.5) is 0 Å². The number of carbonyl (C=O) groups excluding carboxylic acids is 2. The molecule has 2 aromatic rings. The molecule has 0 aliphatic rings. The van der Waals surface area contributed by atoms with Crippen LogP contribution in [0.3, 0.4) is 0 Å². The Morgan fingerprint density at radius 1 is 1.17 bits per heavy atom. The highest BCUT2D eigenvalue weighted by Gasteiger charge is 2.21. The van der Waals surface area contributed by atoms with E-state index in [0.717, 1.165) is 5.56 Å². The summed E-state index contributed by atoms with van der Waals surface area (Å²) in [7, 11) is 1.59. The number of esters is 1. The van der Waals surface area contributed by atoms with Crippen LogP contribution in [-0.2, 0) is 9.53 Å². The molecular weight excluding hydrogens is 326 g/mol. The van der Waals surface area contributed by atoms with Crippen LogP contribution in [0.2, 0.25) is 0 Å². The third-order valence-corrected chi connectivity index (χ3v) is 4.03. The lowest BCUT2D eigenvalue weighted by molar-refractivity contribution is -0.147. The Bertz CT molecular complexity index is 665. The Morgan fingerprint density at radius 3 is 2.42 bits per heavy atom. The van der Waals surface area contributed by atoms with Crippen molar-refractivity contribution in [3.05, 3.63) is 52.2 Å². The summed E-state index contributed by atoms with van der Waals surface area (Å²) in [5.74, 6) is 0.150. The molecule has 1 heterocycles. The summed E-state index contributed by atoms with van der Waals surface area (Å²) in [6.45, 7) is 3.59. The van der Waals surface area contributed by atoms with Crippen LogP contribution in [0.1, 0.15) is 42.2 Å². The monoisotopic (exact) mass is 347 g/mol. The summed E-state index contributed by atoms with van der Waals surface area (Å²) in [6, 6.07) is 8.55.